The summed E-state index contributed by atoms with van der Waals surface area (Å²) in [5.74, 6) is 0. The highest BCUT2D eigenvalue weighted by atomic mass is 32.2. The first kappa shape index (κ1) is 7.02. The molecule has 0 radical (unpaired) electrons. The van der Waals surface area contributed by atoms with Crippen molar-refractivity contribution < 1.29 is 8.42 Å². The number of nitrogens with two attached hydrogens (primary N) is 1. The molecule has 0 atom stereocenters. The van der Waals surface area contributed by atoms with E-state index in [1.807, 2.05) is 0 Å². The predicted molar refractivity (Wildman–Crippen MR) is 35.8 cm³/mol. The van der Waals surface area contributed by atoms with Gasteiger partial charge >= 0.3 is 0 Å². The fourth-order valence-electron chi connectivity index (χ4n) is 0.956. The van der Waals surface area contributed by atoms with E-state index in [0.29, 0.717) is 12.8 Å². The second kappa shape index (κ2) is 1.95. The third-order valence-corrected chi connectivity index (χ3v) is 3.33. The van der Waals surface area contributed by atoms with Crippen LogP contribution in [0, 0.1) is 0 Å². The minimum atomic E-state index is -2.78. The summed E-state index contributed by atoms with van der Waals surface area (Å²) < 4.78 is 21.4. The van der Waals surface area contributed by atoms with Crippen LogP contribution >= 0.6 is 0 Å². The van der Waals surface area contributed by atoms with Crippen molar-refractivity contribution in [3.05, 3.63) is 0 Å². The number of sulfone groups is 1. The standard InChI is InChI=1S/C5H11NO2S/c1-9(7,8)5-2-4(6)3-5/h4-5H,2-3,6H2,1H3/t4-,5+. The number of rotatable bonds is 1. The molecule has 0 aromatic heterocycles. The monoisotopic (exact) mass is 149 g/mol. The van der Waals surface area contributed by atoms with Crippen LogP contribution in [-0.2, 0) is 9.84 Å². The zero-order chi connectivity index (χ0) is 7.07. The highest BCUT2D eigenvalue weighted by Crippen LogP contribution is 2.24. The van der Waals surface area contributed by atoms with Crippen LogP contribution in [0.3, 0.4) is 0 Å². The molecule has 0 bridgehead atoms. The Morgan fingerprint density at radius 1 is 1.44 bits per heavy atom. The molecular formula is C5H11NO2S. The van der Waals surface area contributed by atoms with Gasteiger partial charge in [-0.15, -0.1) is 0 Å². The molecule has 0 unspecified atom stereocenters. The second-order valence-corrected chi connectivity index (χ2v) is 5.01. The maximum Gasteiger partial charge on any atom is 0.150 e. The number of hydrogen-bond donors (Lipinski definition) is 1. The highest BCUT2D eigenvalue weighted by molar-refractivity contribution is 7.91. The van der Waals surface area contributed by atoms with E-state index in [9.17, 15) is 8.42 Å². The van der Waals surface area contributed by atoms with Crippen LogP contribution in [0.15, 0.2) is 0 Å². The highest BCUT2D eigenvalue weighted by Gasteiger charge is 2.33. The van der Waals surface area contributed by atoms with E-state index in [1.54, 1.807) is 0 Å². The molecule has 1 aliphatic carbocycles. The topological polar surface area (TPSA) is 60.2 Å². The smallest absolute Gasteiger partial charge is 0.150 e. The largest absolute Gasteiger partial charge is 0.328 e. The lowest BCUT2D eigenvalue weighted by molar-refractivity contribution is 0.410. The summed E-state index contributed by atoms with van der Waals surface area (Å²) in [5.41, 5.74) is 5.40. The summed E-state index contributed by atoms with van der Waals surface area (Å²) in [6.07, 6.45) is 2.57. The van der Waals surface area contributed by atoms with Gasteiger partial charge in [0.1, 0.15) is 9.84 Å². The van der Waals surface area contributed by atoms with Crippen molar-refractivity contribution in [2.24, 2.45) is 5.73 Å². The minimum Gasteiger partial charge on any atom is -0.328 e. The zero-order valence-electron chi connectivity index (χ0n) is 5.37. The molecule has 1 aliphatic rings. The summed E-state index contributed by atoms with van der Waals surface area (Å²) in [7, 11) is -2.78. The summed E-state index contributed by atoms with van der Waals surface area (Å²) in [5, 5.41) is -0.146. The Hall–Kier alpha value is -0.0900. The van der Waals surface area contributed by atoms with Crippen LogP contribution in [0.5, 0.6) is 0 Å². The van der Waals surface area contributed by atoms with Crippen LogP contribution < -0.4 is 5.73 Å². The Morgan fingerprint density at radius 3 is 2.00 bits per heavy atom. The predicted octanol–water partition coefficient (Wildman–Crippen LogP) is -0.479. The van der Waals surface area contributed by atoms with Crippen LogP contribution in [0.25, 0.3) is 0 Å². The van der Waals surface area contributed by atoms with Gasteiger partial charge in [-0.2, -0.15) is 0 Å². The van der Waals surface area contributed by atoms with E-state index >= 15 is 0 Å². The average molecular weight is 149 g/mol. The Balaban J connectivity index is 2.51. The average Bonchev–Trinajstić information content (AvgIpc) is 1.55. The quantitative estimate of drug-likeness (QED) is 0.548. The summed E-state index contributed by atoms with van der Waals surface area (Å²) in [6, 6.07) is 0.129. The van der Waals surface area contributed by atoms with Gasteiger partial charge in [-0.25, -0.2) is 8.42 Å². The molecule has 0 heterocycles. The molecule has 1 saturated carbocycles. The molecule has 0 aliphatic heterocycles. The Bertz CT molecular complexity index is 191. The number of hydrogen-bond acceptors (Lipinski definition) is 3. The first-order valence-corrected chi connectivity index (χ1v) is 4.90. The molecular weight excluding hydrogens is 138 g/mol. The maximum absolute atomic E-state index is 10.7. The van der Waals surface area contributed by atoms with Crippen molar-refractivity contribution >= 4 is 9.84 Å². The van der Waals surface area contributed by atoms with Gasteiger partial charge in [0.05, 0.1) is 5.25 Å². The summed E-state index contributed by atoms with van der Waals surface area (Å²) in [4.78, 5) is 0. The second-order valence-electron chi connectivity index (χ2n) is 2.68. The molecule has 4 heteroatoms. The van der Waals surface area contributed by atoms with Gasteiger partial charge in [0.2, 0.25) is 0 Å². The minimum absolute atomic E-state index is 0.129. The van der Waals surface area contributed by atoms with Crippen LogP contribution in [-0.4, -0.2) is 26.0 Å². The van der Waals surface area contributed by atoms with Crippen molar-refractivity contribution in [2.75, 3.05) is 6.26 Å². The van der Waals surface area contributed by atoms with Crippen molar-refractivity contribution in [1.82, 2.24) is 0 Å². The van der Waals surface area contributed by atoms with Gasteiger partial charge in [-0.05, 0) is 12.8 Å². The summed E-state index contributed by atoms with van der Waals surface area (Å²) in [6.45, 7) is 0. The lowest BCUT2D eigenvalue weighted by atomic mass is 9.94. The normalized spacial score (nSPS) is 35.8. The lowest BCUT2D eigenvalue weighted by Crippen LogP contribution is -2.44. The van der Waals surface area contributed by atoms with Gasteiger partial charge in [0.25, 0.3) is 0 Å². The Morgan fingerprint density at radius 2 is 1.89 bits per heavy atom. The molecule has 2 N–H and O–H groups in total. The van der Waals surface area contributed by atoms with Gasteiger partial charge in [-0.3, -0.25) is 0 Å². The van der Waals surface area contributed by atoms with Crippen molar-refractivity contribution in [3.63, 3.8) is 0 Å². The SMILES string of the molecule is CS(=O)(=O)[C@H]1C[C@@H](N)C1. The Labute approximate surface area is 55.2 Å². The van der Waals surface area contributed by atoms with Crippen LogP contribution in [0.2, 0.25) is 0 Å². The maximum atomic E-state index is 10.7. The molecule has 0 saturated heterocycles. The molecule has 0 aromatic carbocycles. The first-order valence-electron chi connectivity index (χ1n) is 2.94. The molecule has 54 valence electrons. The molecule has 0 amide bonds. The lowest BCUT2D eigenvalue weighted by Gasteiger charge is -2.30. The molecule has 0 aromatic rings. The van der Waals surface area contributed by atoms with Gasteiger partial charge in [0, 0.05) is 12.3 Å². The van der Waals surface area contributed by atoms with Crippen LogP contribution in [0.4, 0.5) is 0 Å². The van der Waals surface area contributed by atoms with Gasteiger partial charge < -0.3 is 5.73 Å². The van der Waals surface area contributed by atoms with E-state index in [-0.39, 0.29) is 11.3 Å². The zero-order valence-corrected chi connectivity index (χ0v) is 6.19. The third kappa shape index (κ3) is 1.43. The van der Waals surface area contributed by atoms with Gasteiger partial charge in [0.15, 0.2) is 0 Å². The van der Waals surface area contributed by atoms with Crippen molar-refractivity contribution in [1.29, 1.82) is 0 Å². The Kier molecular flexibility index (Phi) is 1.52. The van der Waals surface area contributed by atoms with E-state index in [2.05, 4.69) is 0 Å². The van der Waals surface area contributed by atoms with Gasteiger partial charge in [-0.1, -0.05) is 0 Å². The van der Waals surface area contributed by atoms with Crippen LogP contribution in [0.1, 0.15) is 12.8 Å². The molecule has 3 nitrogen and oxygen atoms in total. The fraction of sp³-hybridized carbons (Fsp3) is 1.00. The van der Waals surface area contributed by atoms with E-state index in [4.69, 9.17) is 5.73 Å². The molecule has 1 fully saturated rings. The molecule has 1 rings (SSSR count). The van der Waals surface area contributed by atoms with E-state index in [0.717, 1.165) is 0 Å². The third-order valence-electron chi connectivity index (χ3n) is 1.74. The van der Waals surface area contributed by atoms with E-state index in [1.165, 1.54) is 6.26 Å². The van der Waals surface area contributed by atoms with Crippen molar-refractivity contribution in [3.8, 4) is 0 Å². The van der Waals surface area contributed by atoms with E-state index < -0.39 is 9.84 Å². The fourth-order valence-corrected chi connectivity index (χ4v) is 2.15. The molecule has 9 heavy (non-hydrogen) atoms. The molecule has 0 spiro atoms. The summed E-state index contributed by atoms with van der Waals surface area (Å²) >= 11 is 0. The first-order chi connectivity index (χ1) is 4.00. The van der Waals surface area contributed by atoms with Crippen molar-refractivity contribution in [2.45, 2.75) is 24.1 Å².